The van der Waals surface area contributed by atoms with Crippen LogP contribution in [0.25, 0.3) is 5.52 Å². The van der Waals surface area contributed by atoms with E-state index in [0.717, 1.165) is 5.52 Å². The van der Waals surface area contributed by atoms with Gasteiger partial charge in [0, 0.05) is 18.9 Å². The first kappa shape index (κ1) is 8.68. The van der Waals surface area contributed by atoms with Crippen LogP contribution in [0.1, 0.15) is 17.3 Å². The van der Waals surface area contributed by atoms with Gasteiger partial charge in [-0.3, -0.25) is 9.78 Å². The molecule has 0 saturated heterocycles. The normalized spacial score (nSPS) is 10.4. The van der Waals surface area contributed by atoms with E-state index in [2.05, 4.69) is 15.4 Å². The van der Waals surface area contributed by atoms with E-state index in [1.165, 1.54) is 0 Å². The van der Waals surface area contributed by atoms with Crippen LogP contribution in [0.15, 0.2) is 24.8 Å². The molecule has 0 aliphatic rings. The highest BCUT2D eigenvalue weighted by atomic mass is 16.1. The molecule has 72 valence electrons. The molecule has 1 N–H and O–H groups in total. The number of fused-ring (bicyclic) bond motifs is 1. The zero-order valence-electron chi connectivity index (χ0n) is 7.77. The second kappa shape index (κ2) is 3.45. The van der Waals surface area contributed by atoms with Gasteiger partial charge >= 0.3 is 0 Å². The predicted molar refractivity (Wildman–Crippen MR) is 51.0 cm³/mol. The van der Waals surface area contributed by atoms with Gasteiger partial charge in [0.2, 0.25) is 0 Å². The van der Waals surface area contributed by atoms with Crippen molar-refractivity contribution in [1.29, 1.82) is 0 Å². The van der Waals surface area contributed by atoms with Gasteiger partial charge in [-0.15, -0.1) is 0 Å². The molecule has 2 aromatic heterocycles. The van der Waals surface area contributed by atoms with Crippen LogP contribution in [0.4, 0.5) is 0 Å². The van der Waals surface area contributed by atoms with Crippen molar-refractivity contribution < 1.29 is 4.79 Å². The standard InChI is InChI=1S/C9H10N4O/c1-2-11-9(14)7-5-12-13-4-3-10-6-8(7)13/h3-6H,2H2,1H3,(H,11,14). The average Bonchev–Trinajstić information content (AvgIpc) is 2.61. The number of carbonyl (C=O) groups is 1. The smallest absolute Gasteiger partial charge is 0.255 e. The van der Waals surface area contributed by atoms with Gasteiger partial charge in [-0.05, 0) is 6.92 Å². The third-order valence-electron chi connectivity index (χ3n) is 1.91. The number of nitrogens with zero attached hydrogens (tertiary/aromatic N) is 3. The molecular weight excluding hydrogens is 180 g/mol. The number of nitrogens with one attached hydrogen (secondary N) is 1. The summed E-state index contributed by atoms with van der Waals surface area (Å²) in [5.41, 5.74) is 1.28. The molecular formula is C9H10N4O. The van der Waals surface area contributed by atoms with Crippen LogP contribution in [0.3, 0.4) is 0 Å². The summed E-state index contributed by atoms with van der Waals surface area (Å²) in [5, 5.41) is 6.76. The Balaban J connectivity index is 2.47. The molecule has 0 saturated carbocycles. The topological polar surface area (TPSA) is 59.3 Å². The van der Waals surface area contributed by atoms with Crippen LogP contribution in [-0.2, 0) is 0 Å². The quantitative estimate of drug-likeness (QED) is 0.749. The van der Waals surface area contributed by atoms with Crippen molar-refractivity contribution in [2.45, 2.75) is 6.92 Å². The van der Waals surface area contributed by atoms with Gasteiger partial charge in [-0.25, -0.2) is 4.52 Å². The number of carbonyl (C=O) groups excluding carboxylic acids is 1. The van der Waals surface area contributed by atoms with Crippen LogP contribution >= 0.6 is 0 Å². The Bertz CT molecular complexity index is 463. The fourth-order valence-corrected chi connectivity index (χ4v) is 1.27. The van der Waals surface area contributed by atoms with Gasteiger partial charge in [0.15, 0.2) is 0 Å². The van der Waals surface area contributed by atoms with Crippen LogP contribution < -0.4 is 5.32 Å². The Morgan fingerprint density at radius 2 is 2.43 bits per heavy atom. The second-order valence-corrected chi connectivity index (χ2v) is 2.82. The first-order valence-electron chi connectivity index (χ1n) is 4.38. The van der Waals surface area contributed by atoms with E-state index in [1.54, 1.807) is 29.3 Å². The average molecular weight is 190 g/mol. The molecule has 0 fully saturated rings. The third-order valence-corrected chi connectivity index (χ3v) is 1.91. The molecule has 5 heteroatoms. The third kappa shape index (κ3) is 1.32. The maximum absolute atomic E-state index is 11.5. The lowest BCUT2D eigenvalue weighted by atomic mass is 10.3. The number of hydrogen-bond donors (Lipinski definition) is 1. The summed E-state index contributed by atoms with van der Waals surface area (Å²) in [4.78, 5) is 15.5. The van der Waals surface area contributed by atoms with Crippen molar-refractivity contribution in [2.24, 2.45) is 0 Å². The molecule has 0 spiro atoms. The fourth-order valence-electron chi connectivity index (χ4n) is 1.27. The minimum Gasteiger partial charge on any atom is -0.352 e. The van der Waals surface area contributed by atoms with Crippen molar-refractivity contribution in [3.05, 3.63) is 30.4 Å². The number of rotatable bonds is 2. The molecule has 0 bridgehead atoms. The highest BCUT2D eigenvalue weighted by molar-refractivity contribution is 6.00. The van der Waals surface area contributed by atoms with Crippen molar-refractivity contribution in [1.82, 2.24) is 19.9 Å². The van der Waals surface area contributed by atoms with E-state index in [0.29, 0.717) is 12.1 Å². The number of aromatic nitrogens is 3. The van der Waals surface area contributed by atoms with Crippen LogP contribution in [0.5, 0.6) is 0 Å². The number of amides is 1. The van der Waals surface area contributed by atoms with E-state index < -0.39 is 0 Å². The Kier molecular flexibility index (Phi) is 2.14. The Morgan fingerprint density at radius 1 is 1.57 bits per heavy atom. The molecule has 0 radical (unpaired) electrons. The van der Waals surface area contributed by atoms with Crippen molar-refractivity contribution in [2.75, 3.05) is 6.54 Å². The molecule has 14 heavy (non-hydrogen) atoms. The second-order valence-electron chi connectivity index (χ2n) is 2.82. The fraction of sp³-hybridized carbons (Fsp3) is 0.222. The summed E-state index contributed by atoms with van der Waals surface area (Å²) in [6.45, 7) is 2.48. The minimum atomic E-state index is -0.115. The molecule has 2 aromatic rings. The maximum Gasteiger partial charge on any atom is 0.255 e. The summed E-state index contributed by atoms with van der Waals surface area (Å²) in [7, 11) is 0. The lowest BCUT2D eigenvalue weighted by Crippen LogP contribution is -2.22. The Labute approximate surface area is 80.8 Å². The first-order chi connectivity index (χ1) is 6.83. The summed E-state index contributed by atoms with van der Waals surface area (Å²) >= 11 is 0. The van der Waals surface area contributed by atoms with Crippen molar-refractivity contribution in [3.63, 3.8) is 0 Å². The van der Waals surface area contributed by atoms with E-state index in [-0.39, 0.29) is 5.91 Å². The SMILES string of the molecule is CCNC(=O)c1cnn2ccncc12. The van der Waals surface area contributed by atoms with E-state index in [9.17, 15) is 4.79 Å². The summed E-state index contributed by atoms with van der Waals surface area (Å²) in [6.07, 6.45) is 6.50. The molecule has 0 aliphatic carbocycles. The van der Waals surface area contributed by atoms with Crippen LogP contribution in [0.2, 0.25) is 0 Å². The highest BCUT2D eigenvalue weighted by Crippen LogP contribution is 2.07. The van der Waals surface area contributed by atoms with Crippen LogP contribution in [0, 0.1) is 0 Å². The summed E-state index contributed by atoms with van der Waals surface area (Å²) in [6, 6.07) is 0. The van der Waals surface area contributed by atoms with Gasteiger partial charge in [0.1, 0.15) is 0 Å². The zero-order valence-corrected chi connectivity index (χ0v) is 7.77. The van der Waals surface area contributed by atoms with Gasteiger partial charge in [-0.2, -0.15) is 5.10 Å². The molecule has 2 rings (SSSR count). The van der Waals surface area contributed by atoms with Gasteiger partial charge in [0.25, 0.3) is 5.91 Å². The molecule has 1 amide bonds. The van der Waals surface area contributed by atoms with Gasteiger partial charge < -0.3 is 5.32 Å². The minimum absolute atomic E-state index is 0.115. The molecule has 0 unspecified atom stereocenters. The number of hydrogen-bond acceptors (Lipinski definition) is 3. The van der Waals surface area contributed by atoms with E-state index in [1.807, 2.05) is 6.92 Å². The molecule has 0 aliphatic heterocycles. The summed E-state index contributed by atoms with van der Waals surface area (Å²) in [5.74, 6) is -0.115. The first-order valence-corrected chi connectivity index (χ1v) is 4.38. The van der Waals surface area contributed by atoms with E-state index in [4.69, 9.17) is 0 Å². The summed E-state index contributed by atoms with van der Waals surface area (Å²) < 4.78 is 1.62. The molecule has 0 atom stereocenters. The van der Waals surface area contributed by atoms with Gasteiger partial charge in [0.05, 0.1) is 23.5 Å². The zero-order chi connectivity index (χ0) is 9.97. The Morgan fingerprint density at radius 3 is 3.21 bits per heavy atom. The predicted octanol–water partition coefficient (Wildman–Crippen LogP) is 0.479. The van der Waals surface area contributed by atoms with Gasteiger partial charge in [-0.1, -0.05) is 0 Å². The van der Waals surface area contributed by atoms with Crippen LogP contribution in [-0.4, -0.2) is 27.0 Å². The van der Waals surface area contributed by atoms with Crippen molar-refractivity contribution >= 4 is 11.4 Å². The largest absolute Gasteiger partial charge is 0.352 e. The lowest BCUT2D eigenvalue weighted by Gasteiger charge is -1.98. The molecule has 0 aromatic carbocycles. The highest BCUT2D eigenvalue weighted by Gasteiger charge is 2.10. The lowest BCUT2D eigenvalue weighted by molar-refractivity contribution is 0.0957. The van der Waals surface area contributed by atoms with Crippen molar-refractivity contribution in [3.8, 4) is 0 Å². The maximum atomic E-state index is 11.5. The molecule has 2 heterocycles. The molecule has 5 nitrogen and oxygen atoms in total. The monoisotopic (exact) mass is 190 g/mol. The Hall–Kier alpha value is -1.91. The van der Waals surface area contributed by atoms with E-state index >= 15 is 0 Å².